The number of ketones is 1. The van der Waals surface area contributed by atoms with E-state index in [1.807, 2.05) is 26.0 Å². The van der Waals surface area contributed by atoms with Crippen molar-refractivity contribution in [3.63, 3.8) is 0 Å². The monoisotopic (exact) mass is 427 g/mol. The first kappa shape index (κ1) is 20.9. The number of hydrogen-bond donors (Lipinski definition) is 1. The average Bonchev–Trinajstić information content (AvgIpc) is 2.68. The van der Waals surface area contributed by atoms with Gasteiger partial charge in [0.2, 0.25) is 0 Å². The summed E-state index contributed by atoms with van der Waals surface area (Å²) in [6.45, 7) is 3.87. The van der Waals surface area contributed by atoms with E-state index in [4.69, 9.17) is 27.9 Å². The van der Waals surface area contributed by atoms with Gasteiger partial charge in [-0.15, -0.1) is 0 Å². The third kappa shape index (κ3) is 5.37. The number of rotatable bonds is 6. The molecular formula is C23H19Cl2NO3. The second-order valence-corrected chi connectivity index (χ2v) is 7.46. The molecule has 0 fully saturated rings. The molecule has 0 aromatic heterocycles. The molecule has 148 valence electrons. The molecule has 0 saturated heterocycles. The third-order valence-corrected chi connectivity index (χ3v) is 5.01. The number of anilines is 1. The van der Waals surface area contributed by atoms with Crippen molar-refractivity contribution in [2.45, 2.75) is 13.8 Å². The Hall–Kier alpha value is -2.82. The number of aryl methyl sites for hydroxylation is 2. The molecule has 6 heteroatoms. The minimum Gasteiger partial charge on any atom is -0.485 e. The van der Waals surface area contributed by atoms with Gasteiger partial charge in [0.15, 0.2) is 12.4 Å². The molecular weight excluding hydrogens is 409 g/mol. The van der Waals surface area contributed by atoms with Crippen molar-refractivity contribution < 1.29 is 14.3 Å². The summed E-state index contributed by atoms with van der Waals surface area (Å²) < 4.78 is 5.62. The molecule has 29 heavy (non-hydrogen) atoms. The van der Waals surface area contributed by atoms with E-state index in [1.54, 1.807) is 42.5 Å². The molecule has 3 rings (SSSR count). The Bertz CT molecular complexity index is 1080. The maximum Gasteiger partial charge on any atom is 0.257 e. The number of carbonyl (C=O) groups excluding carboxylic acids is 2. The molecule has 0 aliphatic heterocycles. The predicted molar refractivity (Wildman–Crippen MR) is 117 cm³/mol. The Morgan fingerprint density at radius 3 is 2.45 bits per heavy atom. The quantitative estimate of drug-likeness (QED) is 0.481. The third-order valence-electron chi connectivity index (χ3n) is 4.47. The van der Waals surface area contributed by atoms with Gasteiger partial charge < -0.3 is 10.1 Å². The second-order valence-electron chi connectivity index (χ2n) is 6.62. The molecule has 1 N–H and O–H groups in total. The lowest BCUT2D eigenvalue weighted by molar-refractivity contribution is 0.0920. The summed E-state index contributed by atoms with van der Waals surface area (Å²) in [7, 11) is 0. The summed E-state index contributed by atoms with van der Waals surface area (Å²) in [5.74, 6) is -0.00676. The Morgan fingerprint density at radius 2 is 1.72 bits per heavy atom. The molecule has 0 saturated carbocycles. The van der Waals surface area contributed by atoms with Gasteiger partial charge in [-0.25, -0.2) is 0 Å². The van der Waals surface area contributed by atoms with Crippen LogP contribution in [0.5, 0.6) is 5.75 Å². The first-order chi connectivity index (χ1) is 13.8. The number of carbonyl (C=O) groups is 2. The molecule has 0 spiro atoms. The summed E-state index contributed by atoms with van der Waals surface area (Å²) in [5.41, 5.74) is 3.63. The van der Waals surface area contributed by atoms with Gasteiger partial charge in [0.25, 0.3) is 5.91 Å². The largest absolute Gasteiger partial charge is 0.485 e. The Labute approximate surface area is 179 Å². The van der Waals surface area contributed by atoms with E-state index in [1.165, 1.54) is 6.07 Å². The van der Waals surface area contributed by atoms with Gasteiger partial charge in [0.05, 0.1) is 10.6 Å². The van der Waals surface area contributed by atoms with Crippen molar-refractivity contribution >= 4 is 40.6 Å². The van der Waals surface area contributed by atoms with Crippen molar-refractivity contribution in [1.29, 1.82) is 0 Å². The van der Waals surface area contributed by atoms with E-state index in [-0.39, 0.29) is 23.3 Å². The molecule has 0 aliphatic rings. The molecule has 0 atom stereocenters. The fourth-order valence-corrected chi connectivity index (χ4v) is 3.18. The fourth-order valence-electron chi connectivity index (χ4n) is 2.68. The normalized spacial score (nSPS) is 10.5. The lowest BCUT2D eigenvalue weighted by Gasteiger charge is -2.10. The van der Waals surface area contributed by atoms with Crippen LogP contribution in [0.4, 0.5) is 5.69 Å². The van der Waals surface area contributed by atoms with Gasteiger partial charge in [0, 0.05) is 22.3 Å². The molecule has 3 aromatic rings. The number of hydrogen-bond acceptors (Lipinski definition) is 3. The van der Waals surface area contributed by atoms with Crippen LogP contribution in [0.2, 0.25) is 10.0 Å². The van der Waals surface area contributed by atoms with E-state index < -0.39 is 0 Å². The molecule has 1 amide bonds. The Morgan fingerprint density at radius 1 is 0.931 bits per heavy atom. The minimum absolute atomic E-state index is 0.0943. The smallest absolute Gasteiger partial charge is 0.257 e. The minimum atomic E-state index is -0.366. The van der Waals surface area contributed by atoms with E-state index in [2.05, 4.69) is 5.32 Å². The average molecular weight is 428 g/mol. The van der Waals surface area contributed by atoms with Crippen LogP contribution in [0.3, 0.4) is 0 Å². The number of ether oxygens (including phenoxy) is 1. The van der Waals surface area contributed by atoms with Crippen LogP contribution in [0.15, 0.2) is 60.7 Å². The van der Waals surface area contributed by atoms with Crippen molar-refractivity contribution in [1.82, 2.24) is 0 Å². The van der Waals surface area contributed by atoms with Crippen LogP contribution in [0.25, 0.3) is 0 Å². The van der Waals surface area contributed by atoms with Gasteiger partial charge in [-0.1, -0.05) is 41.4 Å². The number of halogens is 2. The predicted octanol–water partition coefficient (Wildman–Crippen LogP) is 6.12. The van der Waals surface area contributed by atoms with Crippen LogP contribution in [0, 0.1) is 13.8 Å². The number of nitrogens with one attached hydrogen (secondary N) is 1. The molecule has 0 radical (unpaired) electrons. The summed E-state index contributed by atoms with van der Waals surface area (Å²) in [6.07, 6.45) is 0. The SMILES string of the molecule is Cc1ccc(C(=O)COc2cccc(NC(=O)c3ccc(Cl)cc3Cl)c2)cc1C. The molecule has 0 bridgehead atoms. The second kappa shape index (κ2) is 9.12. The zero-order valence-corrected chi connectivity index (χ0v) is 17.5. The highest BCUT2D eigenvalue weighted by Gasteiger charge is 2.12. The first-order valence-corrected chi connectivity index (χ1v) is 9.69. The van der Waals surface area contributed by atoms with E-state index in [9.17, 15) is 9.59 Å². The van der Waals surface area contributed by atoms with Gasteiger partial charge in [-0.2, -0.15) is 0 Å². The van der Waals surface area contributed by atoms with Crippen LogP contribution < -0.4 is 10.1 Å². The number of benzene rings is 3. The topological polar surface area (TPSA) is 55.4 Å². The highest BCUT2D eigenvalue weighted by Crippen LogP contribution is 2.23. The fraction of sp³-hybridized carbons (Fsp3) is 0.130. The van der Waals surface area contributed by atoms with Crippen LogP contribution in [-0.2, 0) is 0 Å². The number of amides is 1. The Balaban J connectivity index is 1.65. The molecule has 0 unspecified atom stereocenters. The lowest BCUT2D eigenvalue weighted by atomic mass is 10.0. The van der Waals surface area contributed by atoms with Crippen LogP contribution in [0.1, 0.15) is 31.8 Å². The van der Waals surface area contributed by atoms with Crippen molar-refractivity contribution in [2.75, 3.05) is 11.9 Å². The number of Topliss-reactive ketones (excluding diaryl/α,β-unsaturated/α-hetero) is 1. The summed E-state index contributed by atoms with van der Waals surface area (Å²) in [6, 6.07) is 17.1. The van der Waals surface area contributed by atoms with Crippen LogP contribution in [-0.4, -0.2) is 18.3 Å². The standard InChI is InChI=1S/C23H19Cl2NO3/c1-14-6-7-16(10-15(14)2)22(27)13-29-19-5-3-4-18(12-19)26-23(28)20-9-8-17(24)11-21(20)25/h3-12H,13H2,1-2H3,(H,26,28). The van der Waals surface area contributed by atoms with E-state index >= 15 is 0 Å². The highest BCUT2D eigenvalue weighted by molar-refractivity contribution is 6.37. The maximum absolute atomic E-state index is 12.4. The Kier molecular flexibility index (Phi) is 6.57. The van der Waals surface area contributed by atoms with Gasteiger partial charge in [0.1, 0.15) is 5.75 Å². The molecule has 3 aromatic carbocycles. The van der Waals surface area contributed by atoms with Gasteiger partial charge in [-0.05, 0) is 61.4 Å². The highest BCUT2D eigenvalue weighted by atomic mass is 35.5. The van der Waals surface area contributed by atoms with Crippen molar-refractivity contribution in [2.24, 2.45) is 0 Å². The summed E-state index contributed by atoms with van der Waals surface area (Å²) in [4.78, 5) is 24.8. The summed E-state index contributed by atoms with van der Waals surface area (Å²) >= 11 is 11.9. The van der Waals surface area contributed by atoms with Crippen molar-refractivity contribution in [3.8, 4) is 5.75 Å². The first-order valence-electron chi connectivity index (χ1n) is 8.93. The van der Waals surface area contributed by atoms with E-state index in [0.717, 1.165) is 11.1 Å². The molecule has 0 aliphatic carbocycles. The molecule has 4 nitrogen and oxygen atoms in total. The van der Waals surface area contributed by atoms with Crippen LogP contribution >= 0.6 is 23.2 Å². The lowest BCUT2D eigenvalue weighted by Crippen LogP contribution is -2.13. The van der Waals surface area contributed by atoms with E-state index in [0.29, 0.717) is 27.6 Å². The zero-order chi connectivity index (χ0) is 21.0. The zero-order valence-electron chi connectivity index (χ0n) is 16.0. The van der Waals surface area contributed by atoms with Gasteiger partial charge in [-0.3, -0.25) is 9.59 Å². The van der Waals surface area contributed by atoms with Gasteiger partial charge >= 0.3 is 0 Å². The maximum atomic E-state index is 12.4. The molecule has 0 heterocycles. The van der Waals surface area contributed by atoms with Crippen molar-refractivity contribution in [3.05, 3.63) is 93.0 Å². The summed E-state index contributed by atoms with van der Waals surface area (Å²) in [5, 5.41) is 3.48.